The molecule has 0 amide bonds. The van der Waals surface area contributed by atoms with Crippen molar-refractivity contribution in [3.8, 4) is 0 Å². The number of hydrogen-bond acceptors (Lipinski definition) is 5. The fraction of sp³-hybridized carbons (Fsp3) is 0.857. The maximum absolute atomic E-state index is 11.3. The van der Waals surface area contributed by atoms with Crippen LogP contribution in [0.1, 0.15) is 53.9 Å². The van der Waals surface area contributed by atoms with Crippen molar-refractivity contribution in [1.82, 2.24) is 0 Å². The summed E-state index contributed by atoms with van der Waals surface area (Å²) >= 11 is 0. The van der Waals surface area contributed by atoms with E-state index in [9.17, 15) is 9.59 Å². The quantitative estimate of drug-likeness (QED) is 0.348. The fourth-order valence-corrected chi connectivity index (χ4v) is 1.24. The van der Waals surface area contributed by atoms with Crippen LogP contribution in [-0.4, -0.2) is 36.9 Å². The zero-order chi connectivity index (χ0) is 14.8. The van der Waals surface area contributed by atoms with Crippen molar-refractivity contribution in [1.29, 1.82) is 0 Å². The van der Waals surface area contributed by atoms with Gasteiger partial charge in [0, 0.05) is 0 Å². The van der Waals surface area contributed by atoms with Crippen molar-refractivity contribution in [3.05, 3.63) is 0 Å². The third-order valence-corrected chi connectivity index (χ3v) is 2.69. The molecule has 0 heterocycles. The van der Waals surface area contributed by atoms with Gasteiger partial charge in [-0.15, -0.1) is 0 Å². The molecule has 0 aromatic rings. The van der Waals surface area contributed by atoms with Gasteiger partial charge in [0.05, 0.1) is 12.2 Å². The minimum Gasteiger partial charge on any atom is -0.460 e. The number of Topliss-reactive ketones (excluding diaryl/α,β-unsaturated/α-hetero) is 1. The van der Waals surface area contributed by atoms with E-state index in [-0.39, 0.29) is 31.0 Å². The molecule has 0 spiro atoms. The normalized spacial score (nSPS) is 15.6. The van der Waals surface area contributed by atoms with E-state index >= 15 is 0 Å². The monoisotopic (exact) mass is 274 g/mol. The molecule has 0 saturated carbocycles. The van der Waals surface area contributed by atoms with Gasteiger partial charge in [-0.25, -0.2) is 0 Å². The van der Waals surface area contributed by atoms with Gasteiger partial charge in [-0.05, 0) is 33.6 Å². The SMILES string of the molecule is CCC(C)OC(COC(=O)CC(C)=O)OC(C)CC. The molecule has 2 unspecified atom stereocenters. The molecular weight excluding hydrogens is 248 g/mol. The summed E-state index contributed by atoms with van der Waals surface area (Å²) in [4.78, 5) is 22.1. The fourth-order valence-electron chi connectivity index (χ4n) is 1.24. The molecular formula is C14H26O5. The molecule has 2 atom stereocenters. The van der Waals surface area contributed by atoms with E-state index < -0.39 is 12.3 Å². The molecule has 0 saturated heterocycles. The Bertz CT molecular complexity index is 265. The first kappa shape index (κ1) is 18.1. The second-order valence-electron chi connectivity index (χ2n) is 4.70. The topological polar surface area (TPSA) is 61.8 Å². The highest BCUT2D eigenvalue weighted by Gasteiger charge is 2.18. The molecule has 0 bridgehead atoms. The van der Waals surface area contributed by atoms with Gasteiger partial charge >= 0.3 is 5.97 Å². The molecule has 0 N–H and O–H groups in total. The lowest BCUT2D eigenvalue weighted by molar-refractivity contribution is -0.212. The van der Waals surface area contributed by atoms with Gasteiger partial charge in [0.1, 0.15) is 18.8 Å². The number of ether oxygens (including phenoxy) is 3. The standard InChI is InChI=1S/C14H26O5/c1-6-11(4)18-14(19-12(5)7-2)9-17-13(16)8-10(3)15/h11-12,14H,6-9H2,1-5H3. The van der Waals surface area contributed by atoms with Crippen LogP contribution in [0.4, 0.5) is 0 Å². The molecule has 5 heteroatoms. The number of carbonyl (C=O) groups excluding carboxylic acids is 2. The summed E-state index contributed by atoms with van der Waals surface area (Å²) in [6.07, 6.45) is 0.963. The van der Waals surface area contributed by atoms with Crippen LogP contribution in [0.5, 0.6) is 0 Å². The van der Waals surface area contributed by atoms with E-state index in [0.717, 1.165) is 12.8 Å². The summed E-state index contributed by atoms with van der Waals surface area (Å²) in [5, 5.41) is 0. The Hall–Kier alpha value is -0.940. The summed E-state index contributed by atoms with van der Waals surface area (Å²) in [6.45, 7) is 9.25. The maximum atomic E-state index is 11.3. The highest BCUT2D eigenvalue weighted by atomic mass is 16.7. The lowest BCUT2D eigenvalue weighted by Crippen LogP contribution is -2.31. The number of rotatable bonds is 10. The summed E-state index contributed by atoms with van der Waals surface area (Å²) in [5.74, 6) is -0.759. The van der Waals surface area contributed by atoms with Gasteiger partial charge < -0.3 is 14.2 Å². The van der Waals surface area contributed by atoms with E-state index in [0.29, 0.717) is 0 Å². The predicted molar refractivity (Wildman–Crippen MR) is 71.7 cm³/mol. The smallest absolute Gasteiger partial charge is 0.313 e. The van der Waals surface area contributed by atoms with Crippen LogP contribution in [-0.2, 0) is 23.8 Å². The predicted octanol–water partition coefficient (Wildman–Crippen LogP) is 2.46. The first-order valence-electron chi connectivity index (χ1n) is 6.84. The Kier molecular flexibility index (Phi) is 9.43. The van der Waals surface area contributed by atoms with Crippen molar-refractivity contribution in [3.63, 3.8) is 0 Å². The van der Waals surface area contributed by atoms with Crippen molar-refractivity contribution >= 4 is 11.8 Å². The molecule has 0 aliphatic rings. The zero-order valence-electron chi connectivity index (χ0n) is 12.6. The number of carbonyl (C=O) groups is 2. The first-order chi connectivity index (χ1) is 8.88. The second kappa shape index (κ2) is 9.92. The number of hydrogen-bond donors (Lipinski definition) is 0. The van der Waals surface area contributed by atoms with Crippen molar-refractivity contribution in [2.75, 3.05) is 6.61 Å². The minimum absolute atomic E-state index is 0.0147. The van der Waals surface area contributed by atoms with E-state index in [2.05, 4.69) is 0 Å². The van der Waals surface area contributed by atoms with Crippen LogP contribution >= 0.6 is 0 Å². The van der Waals surface area contributed by atoms with Crippen molar-refractivity contribution in [2.45, 2.75) is 72.4 Å². The van der Waals surface area contributed by atoms with E-state index in [1.807, 2.05) is 27.7 Å². The van der Waals surface area contributed by atoms with E-state index in [1.165, 1.54) is 6.92 Å². The summed E-state index contributed by atoms with van der Waals surface area (Å²) < 4.78 is 16.3. The third kappa shape index (κ3) is 9.62. The van der Waals surface area contributed by atoms with Crippen LogP contribution < -0.4 is 0 Å². The van der Waals surface area contributed by atoms with Crippen LogP contribution in [0, 0.1) is 0 Å². The van der Waals surface area contributed by atoms with Gasteiger partial charge in [-0.2, -0.15) is 0 Å². The van der Waals surface area contributed by atoms with Gasteiger partial charge in [-0.3, -0.25) is 9.59 Å². The molecule has 0 radical (unpaired) electrons. The van der Waals surface area contributed by atoms with Crippen LogP contribution in [0.15, 0.2) is 0 Å². The summed E-state index contributed by atoms with van der Waals surface area (Å²) in [6, 6.07) is 0. The molecule has 0 rings (SSSR count). The Morgan fingerprint density at radius 1 is 1.00 bits per heavy atom. The first-order valence-corrected chi connectivity index (χ1v) is 6.84. The molecule has 0 aliphatic carbocycles. The van der Waals surface area contributed by atoms with Gasteiger partial charge in [0.25, 0.3) is 0 Å². The Morgan fingerprint density at radius 2 is 1.47 bits per heavy atom. The lowest BCUT2D eigenvalue weighted by atomic mass is 10.3. The van der Waals surface area contributed by atoms with Crippen molar-refractivity contribution in [2.24, 2.45) is 0 Å². The average Bonchev–Trinajstić information content (AvgIpc) is 2.34. The molecule has 0 aliphatic heterocycles. The van der Waals surface area contributed by atoms with Gasteiger partial charge in [-0.1, -0.05) is 13.8 Å². The Labute approximate surface area is 115 Å². The highest BCUT2D eigenvalue weighted by Crippen LogP contribution is 2.09. The maximum Gasteiger partial charge on any atom is 0.313 e. The molecule has 0 aromatic carbocycles. The van der Waals surface area contributed by atoms with Crippen LogP contribution in [0.3, 0.4) is 0 Å². The Morgan fingerprint density at radius 3 is 1.84 bits per heavy atom. The van der Waals surface area contributed by atoms with E-state index in [4.69, 9.17) is 14.2 Å². The van der Waals surface area contributed by atoms with Gasteiger partial charge in [0.15, 0.2) is 6.29 Å². The second-order valence-corrected chi connectivity index (χ2v) is 4.70. The van der Waals surface area contributed by atoms with E-state index in [1.54, 1.807) is 0 Å². The molecule has 112 valence electrons. The summed E-state index contributed by atoms with van der Waals surface area (Å²) in [7, 11) is 0. The lowest BCUT2D eigenvalue weighted by Gasteiger charge is -2.24. The average molecular weight is 274 g/mol. The third-order valence-electron chi connectivity index (χ3n) is 2.69. The summed E-state index contributed by atoms with van der Waals surface area (Å²) in [5.41, 5.74) is 0. The molecule has 5 nitrogen and oxygen atoms in total. The molecule has 0 fully saturated rings. The highest BCUT2D eigenvalue weighted by molar-refractivity contribution is 5.94. The molecule has 0 aromatic heterocycles. The number of esters is 1. The largest absolute Gasteiger partial charge is 0.460 e. The minimum atomic E-state index is -0.583. The van der Waals surface area contributed by atoms with Gasteiger partial charge in [0.2, 0.25) is 0 Å². The van der Waals surface area contributed by atoms with Crippen LogP contribution in [0.25, 0.3) is 0 Å². The molecule has 19 heavy (non-hydrogen) atoms. The zero-order valence-corrected chi connectivity index (χ0v) is 12.6. The van der Waals surface area contributed by atoms with Crippen LogP contribution in [0.2, 0.25) is 0 Å². The van der Waals surface area contributed by atoms with Crippen molar-refractivity contribution < 1.29 is 23.8 Å². The Balaban J connectivity index is 4.24. The number of ketones is 1.